The van der Waals surface area contributed by atoms with Gasteiger partial charge in [0.1, 0.15) is 11.0 Å². The van der Waals surface area contributed by atoms with Crippen LogP contribution in [0.5, 0.6) is 5.88 Å². The quantitative estimate of drug-likeness (QED) is 0.827. The third-order valence-electron chi connectivity index (χ3n) is 2.42. The highest BCUT2D eigenvalue weighted by Crippen LogP contribution is 2.12. The first-order valence-electron chi connectivity index (χ1n) is 6.10. The molecule has 0 saturated heterocycles. The topological polar surface area (TPSA) is 76.1 Å². The van der Waals surface area contributed by atoms with Crippen LogP contribution in [0.2, 0.25) is 5.15 Å². The van der Waals surface area contributed by atoms with Crippen molar-refractivity contribution in [3.8, 4) is 5.88 Å². The second-order valence-corrected chi connectivity index (χ2v) is 4.42. The normalized spacial score (nSPS) is 10.4. The van der Waals surface area contributed by atoms with E-state index in [4.69, 9.17) is 11.6 Å². The van der Waals surface area contributed by atoms with Gasteiger partial charge in [0.15, 0.2) is 0 Å². The number of aromatic nitrogens is 2. The van der Waals surface area contributed by atoms with Gasteiger partial charge in [0.25, 0.3) is 0 Å². The van der Waals surface area contributed by atoms with Gasteiger partial charge < -0.3 is 10.1 Å². The number of hydrogen-bond acceptors (Lipinski definition) is 4. The van der Waals surface area contributed by atoms with Crippen LogP contribution < -0.4 is 15.4 Å². The molecule has 0 fully saturated rings. The molecule has 0 radical (unpaired) electrons. The molecule has 9 heteroatoms. The fraction of sp³-hybridized carbons (Fsp3) is 0.154. The fourth-order valence-electron chi connectivity index (χ4n) is 1.54. The number of urea groups is 1. The molecular formula is C13H11ClF2N4O2. The van der Waals surface area contributed by atoms with Crippen molar-refractivity contribution < 1.29 is 18.3 Å². The molecule has 116 valence electrons. The summed E-state index contributed by atoms with van der Waals surface area (Å²) in [4.78, 5) is 19.2. The van der Waals surface area contributed by atoms with E-state index in [1.165, 1.54) is 12.3 Å². The van der Waals surface area contributed by atoms with Crippen LogP contribution in [0.1, 0.15) is 5.56 Å². The maximum absolute atomic E-state index is 12.1. The number of nitrogens with zero attached hydrogens (tertiary/aromatic N) is 2. The van der Waals surface area contributed by atoms with Crippen LogP contribution >= 0.6 is 11.6 Å². The molecule has 22 heavy (non-hydrogen) atoms. The van der Waals surface area contributed by atoms with E-state index >= 15 is 0 Å². The molecule has 2 aromatic heterocycles. The maximum Gasteiger partial charge on any atom is 0.388 e. The van der Waals surface area contributed by atoms with Crippen molar-refractivity contribution in [1.82, 2.24) is 15.3 Å². The number of alkyl halides is 2. The van der Waals surface area contributed by atoms with Gasteiger partial charge in [-0.25, -0.2) is 14.8 Å². The van der Waals surface area contributed by atoms with Gasteiger partial charge >= 0.3 is 12.6 Å². The number of ether oxygens (including phenoxy) is 1. The Morgan fingerprint density at radius 2 is 2.18 bits per heavy atom. The second kappa shape index (κ2) is 7.51. The summed E-state index contributed by atoms with van der Waals surface area (Å²) in [6, 6.07) is 7.16. The Kier molecular flexibility index (Phi) is 5.42. The number of rotatable bonds is 5. The Morgan fingerprint density at radius 3 is 2.91 bits per heavy atom. The molecule has 2 rings (SSSR count). The molecule has 0 atom stereocenters. The molecule has 0 aliphatic heterocycles. The van der Waals surface area contributed by atoms with Crippen molar-refractivity contribution in [3.05, 3.63) is 47.2 Å². The van der Waals surface area contributed by atoms with Crippen molar-refractivity contribution >= 4 is 23.4 Å². The van der Waals surface area contributed by atoms with Gasteiger partial charge in [-0.3, -0.25) is 5.32 Å². The highest BCUT2D eigenvalue weighted by Gasteiger charge is 2.07. The van der Waals surface area contributed by atoms with E-state index in [0.717, 1.165) is 0 Å². The molecule has 0 unspecified atom stereocenters. The van der Waals surface area contributed by atoms with Crippen LogP contribution in [0.25, 0.3) is 0 Å². The van der Waals surface area contributed by atoms with Gasteiger partial charge in [-0.05, 0) is 23.8 Å². The Hall–Kier alpha value is -2.48. The zero-order chi connectivity index (χ0) is 15.9. The molecule has 2 N–H and O–H groups in total. The van der Waals surface area contributed by atoms with E-state index in [1.54, 1.807) is 24.3 Å². The highest BCUT2D eigenvalue weighted by molar-refractivity contribution is 6.29. The van der Waals surface area contributed by atoms with E-state index in [2.05, 4.69) is 25.3 Å². The zero-order valence-corrected chi connectivity index (χ0v) is 11.8. The third kappa shape index (κ3) is 5.13. The molecule has 0 aliphatic rings. The largest absolute Gasteiger partial charge is 0.417 e. The smallest absolute Gasteiger partial charge is 0.388 e. The highest BCUT2D eigenvalue weighted by atomic mass is 35.5. The number of hydrogen-bond donors (Lipinski definition) is 2. The summed E-state index contributed by atoms with van der Waals surface area (Å²) in [7, 11) is 0. The maximum atomic E-state index is 12.1. The summed E-state index contributed by atoms with van der Waals surface area (Å²) < 4.78 is 28.3. The molecule has 0 saturated carbocycles. The average molecular weight is 329 g/mol. The van der Waals surface area contributed by atoms with E-state index in [9.17, 15) is 13.6 Å². The average Bonchev–Trinajstić information content (AvgIpc) is 2.45. The Morgan fingerprint density at radius 1 is 1.36 bits per heavy atom. The molecule has 0 spiro atoms. The minimum absolute atomic E-state index is 0.106. The minimum atomic E-state index is -2.95. The molecule has 0 aromatic carbocycles. The standard InChI is InChI=1S/C13H11ClF2N4O2/c14-9-2-1-3-10(19-9)20-13(21)18-7-8-4-5-17-11(6-8)22-12(15)16/h1-6,12H,7H2,(H2,18,19,20,21). The Bertz CT molecular complexity index is 657. The van der Waals surface area contributed by atoms with Crippen LogP contribution in [0.15, 0.2) is 36.5 Å². The number of carbonyl (C=O) groups excluding carboxylic acids is 1. The molecule has 2 heterocycles. The van der Waals surface area contributed by atoms with Gasteiger partial charge in [0, 0.05) is 18.8 Å². The molecule has 0 bridgehead atoms. The number of anilines is 1. The number of carbonyl (C=O) groups is 1. The van der Waals surface area contributed by atoms with Crippen molar-refractivity contribution in [2.24, 2.45) is 0 Å². The molecule has 2 aromatic rings. The SMILES string of the molecule is O=C(NCc1ccnc(OC(F)F)c1)Nc1cccc(Cl)n1. The first kappa shape index (κ1) is 15.9. The van der Waals surface area contributed by atoms with E-state index in [0.29, 0.717) is 11.4 Å². The number of nitrogens with one attached hydrogen (secondary N) is 2. The Balaban J connectivity index is 1.88. The lowest BCUT2D eigenvalue weighted by atomic mass is 10.2. The van der Waals surface area contributed by atoms with Crippen LogP contribution in [0, 0.1) is 0 Å². The molecule has 0 aliphatic carbocycles. The summed E-state index contributed by atoms with van der Waals surface area (Å²) in [5.41, 5.74) is 0.555. The number of amides is 2. The van der Waals surface area contributed by atoms with Crippen LogP contribution in [-0.4, -0.2) is 22.6 Å². The molecule has 6 nitrogen and oxygen atoms in total. The summed E-state index contributed by atoms with van der Waals surface area (Å²) in [5.74, 6) is 0.0765. The first-order valence-corrected chi connectivity index (χ1v) is 6.48. The van der Waals surface area contributed by atoms with Gasteiger partial charge in [-0.1, -0.05) is 17.7 Å². The van der Waals surface area contributed by atoms with Crippen molar-refractivity contribution in [1.29, 1.82) is 0 Å². The van der Waals surface area contributed by atoms with E-state index < -0.39 is 12.6 Å². The van der Waals surface area contributed by atoms with Gasteiger partial charge in [-0.2, -0.15) is 8.78 Å². The molecule has 2 amide bonds. The van der Waals surface area contributed by atoms with Gasteiger partial charge in [0.2, 0.25) is 5.88 Å². The Labute approximate surface area is 129 Å². The van der Waals surface area contributed by atoms with E-state index in [-0.39, 0.29) is 17.6 Å². The van der Waals surface area contributed by atoms with Crippen LogP contribution in [-0.2, 0) is 6.54 Å². The predicted molar refractivity (Wildman–Crippen MR) is 76.0 cm³/mol. The monoisotopic (exact) mass is 328 g/mol. The lowest BCUT2D eigenvalue weighted by Gasteiger charge is -2.08. The summed E-state index contributed by atoms with van der Waals surface area (Å²) >= 11 is 5.70. The van der Waals surface area contributed by atoms with E-state index in [1.807, 2.05) is 0 Å². The third-order valence-corrected chi connectivity index (χ3v) is 2.63. The van der Waals surface area contributed by atoms with Crippen LogP contribution in [0.4, 0.5) is 19.4 Å². The lowest BCUT2D eigenvalue weighted by molar-refractivity contribution is -0.0528. The fourth-order valence-corrected chi connectivity index (χ4v) is 1.70. The summed E-state index contributed by atoms with van der Waals surface area (Å²) in [5, 5.41) is 5.28. The molecular weight excluding hydrogens is 318 g/mol. The summed E-state index contributed by atoms with van der Waals surface area (Å²) in [6.07, 6.45) is 1.31. The van der Waals surface area contributed by atoms with Crippen molar-refractivity contribution in [3.63, 3.8) is 0 Å². The predicted octanol–water partition coefficient (Wildman–Crippen LogP) is 3.05. The second-order valence-electron chi connectivity index (χ2n) is 4.03. The number of pyridine rings is 2. The van der Waals surface area contributed by atoms with Crippen LogP contribution in [0.3, 0.4) is 0 Å². The summed E-state index contributed by atoms with van der Waals surface area (Å²) in [6.45, 7) is -2.85. The first-order chi connectivity index (χ1) is 10.5. The van der Waals surface area contributed by atoms with Gasteiger partial charge in [0.05, 0.1) is 0 Å². The zero-order valence-electron chi connectivity index (χ0n) is 11.1. The minimum Gasteiger partial charge on any atom is -0.417 e. The van der Waals surface area contributed by atoms with Crippen molar-refractivity contribution in [2.75, 3.05) is 5.32 Å². The lowest BCUT2D eigenvalue weighted by Crippen LogP contribution is -2.28. The van der Waals surface area contributed by atoms with Gasteiger partial charge in [-0.15, -0.1) is 0 Å². The van der Waals surface area contributed by atoms with Crippen molar-refractivity contribution in [2.45, 2.75) is 13.2 Å². The number of halogens is 3.